The van der Waals surface area contributed by atoms with Gasteiger partial charge in [0.05, 0.1) is 12.8 Å². The summed E-state index contributed by atoms with van der Waals surface area (Å²) in [4.78, 5) is 23.6. The molecule has 2 N–H and O–H groups in total. The molecule has 2 rings (SSSR count). The zero-order chi connectivity index (χ0) is 20.8. The molecule has 0 aliphatic heterocycles. The Bertz CT molecular complexity index is 881. The zero-order valence-electron chi connectivity index (χ0n) is 16.7. The molecule has 2 aromatic carbocycles. The molecule has 0 saturated carbocycles. The third-order valence-electron chi connectivity index (χ3n) is 4.07. The van der Waals surface area contributed by atoms with Crippen LogP contribution >= 0.6 is 11.6 Å². The first-order chi connectivity index (χ1) is 13.2. The molecule has 0 aliphatic rings. The van der Waals surface area contributed by atoms with E-state index in [4.69, 9.17) is 21.1 Å². The molecule has 2 aromatic rings. The number of halogens is 1. The van der Waals surface area contributed by atoms with Crippen LogP contribution in [0.2, 0.25) is 5.02 Å². The SMILES string of the molecule is COc1ccc(NC(C)=O)cc1NC(=O)COc1cc(C(C)C)c(Cl)cc1C. The van der Waals surface area contributed by atoms with E-state index in [9.17, 15) is 9.59 Å². The fourth-order valence-corrected chi connectivity index (χ4v) is 3.12. The molecule has 28 heavy (non-hydrogen) atoms. The molecule has 0 aliphatic carbocycles. The van der Waals surface area contributed by atoms with Gasteiger partial charge in [0.1, 0.15) is 11.5 Å². The van der Waals surface area contributed by atoms with Crippen molar-refractivity contribution in [2.75, 3.05) is 24.4 Å². The average Bonchev–Trinajstić information content (AvgIpc) is 2.60. The van der Waals surface area contributed by atoms with Crippen LogP contribution in [0.15, 0.2) is 30.3 Å². The van der Waals surface area contributed by atoms with Crippen molar-refractivity contribution in [3.8, 4) is 11.5 Å². The maximum atomic E-state index is 12.4. The molecule has 0 heterocycles. The molecule has 0 spiro atoms. The Morgan fingerprint density at radius 2 is 1.82 bits per heavy atom. The molecular weight excluding hydrogens is 380 g/mol. The number of rotatable bonds is 7. The van der Waals surface area contributed by atoms with Crippen LogP contribution in [0, 0.1) is 6.92 Å². The van der Waals surface area contributed by atoms with Gasteiger partial charge in [-0.25, -0.2) is 0 Å². The lowest BCUT2D eigenvalue weighted by Gasteiger charge is -2.15. The standard InChI is InChI=1S/C21H25ClN2O4/c1-12(2)16-10-20(13(3)8-17(16)22)28-11-21(26)24-18-9-15(23-14(4)25)6-7-19(18)27-5/h6-10,12H,11H2,1-5H3,(H,23,25)(H,24,26). The number of amides is 2. The molecule has 0 bridgehead atoms. The highest BCUT2D eigenvalue weighted by atomic mass is 35.5. The fraction of sp³-hybridized carbons (Fsp3) is 0.333. The van der Waals surface area contributed by atoms with Gasteiger partial charge in [-0.15, -0.1) is 0 Å². The fourth-order valence-electron chi connectivity index (χ4n) is 2.68. The number of carbonyl (C=O) groups excluding carboxylic acids is 2. The Morgan fingerprint density at radius 3 is 2.43 bits per heavy atom. The second kappa shape index (κ2) is 9.46. The van der Waals surface area contributed by atoms with Crippen LogP contribution in [0.4, 0.5) is 11.4 Å². The summed E-state index contributed by atoms with van der Waals surface area (Å²) in [5, 5.41) is 6.10. The van der Waals surface area contributed by atoms with Gasteiger partial charge < -0.3 is 20.1 Å². The van der Waals surface area contributed by atoms with Gasteiger partial charge in [-0.3, -0.25) is 9.59 Å². The highest BCUT2D eigenvalue weighted by Gasteiger charge is 2.13. The van der Waals surface area contributed by atoms with Crippen molar-refractivity contribution in [3.05, 3.63) is 46.5 Å². The molecule has 0 atom stereocenters. The van der Waals surface area contributed by atoms with E-state index in [1.165, 1.54) is 14.0 Å². The number of carbonyl (C=O) groups is 2. The highest BCUT2D eigenvalue weighted by molar-refractivity contribution is 6.31. The molecule has 0 saturated heterocycles. The van der Waals surface area contributed by atoms with E-state index in [0.29, 0.717) is 27.9 Å². The number of benzene rings is 2. The van der Waals surface area contributed by atoms with E-state index < -0.39 is 0 Å². The predicted octanol–water partition coefficient (Wildman–Crippen LogP) is 4.76. The smallest absolute Gasteiger partial charge is 0.262 e. The second-order valence-corrected chi connectivity index (χ2v) is 7.13. The number of hydrogen-bond acceptors (Lipinski definition) is 4. The lowest BCUT2D eigenvalue weighted by atomic mass is 10.0. The first kappa shape index (κ1) is 21.6. The maximum absolute atomic E-state index is 12.4. The second-order valence-electron chi connectivity index (χ2n) is 6.73. The van der Waals surface area contributed by atoms with Crippen LogP contribution in [-0.2, 0) is 9.59 Å². The van der Waals surface area contributed by atoms with E-state index in [0.717, 1.165) is 11.1 Å². The molecule has 0 fully saturated rings. The minimum atomic E-state index is -0.348. The summed E-state index contributed by atoms with van der Waals surface area (Å²) in [5.41, 5.74) is 2.82. The Kier molecular flexibility index (Phi) is 7.29. The summed E-state index contributed by atoms with van der Waals surface area (Å²) in [6.45, 7) is 7.20. The van der Waals surface area contributed by atoms with E-state index in [1.54, 1.807) is 18.2 Å². The minimum Gasteiger partial charge on any atom is -0.495 e. The Balaban J connectivity index is 2.11. The van der Waals surface area contributed by atoms with Crippen molar-refractivity contribution in [2.24, 2.45) is 0 Å². The largest absolute Gasteiger partial charge is 0.495 e. The number of hydrogen-bond donors (Lipinski definition) is 2. The van der Waals surface area contributed by atoms with Gasteiger partial charge in [-0.1, -0.05) is 25.4 Å². The Hall–Kier alpha value is -2.73. The van der Waals surface area contributed by atoms with Crippen LogP contribution in [0.3, 0.4) is 0 Å². The zero-order valence-corrected chi connectivity index (χ0v) is 17.4. The maximum Gasteiger partial charge on any atom is 0.262 e. The minimum absolute atomic E-state index is 0.173. The van der Waals surface area contributed by atoms with Crippen LogP contribution in [0.25, 0.3) is 0 Å². The topological polar surface area (TPSA) is 76.7 Å². The van der Waals surface area contributed by atoms with Crippen molar-refractivity contribution < 1.29 is 19.1 Å². The van der Waals surface area contributed by atoms with Crippen molar-refractivity contribution in [3.63, 3.8) is 0 Å². The molecule has 0 radical (unpaired) electrons. The molecular formula is C21H25ClN2O4. The van der Waals surface area contributed by atoms with Crippen molar-refractivity contribution in [1.82, 2.24) is 0 Å². The van der Waals surface area contributed by atoms with E-state index in [-0.39, 0.29) is 24.3 Å². The molecule has 0 unspecified atom stereocenters. The van der Waals surface area contributed by atoms with Gasteiger partial charge >= 0.3 is 0 Å². The Labute approximate surface area is 170 Å². The van der Waals surface area contributed by atoms with Crippen LogP contribution < -0.4 is 20.1 Å². The normalized spacial score (nSPS) is 10.5. The lowest BCUT2D eigenvalue weighted by molar-refractivity contribution is -0.118. The van der Waals surface area contributed by atoms with Gasteiger partial charge in [0.2, 0.25) is 5.91 Å². The molecule has 0 aromatic heterocycles. The molecule has 2 amide bonds. The number of aryl methyl sites for hydroxylation is 1. The quantitative estimate of drug-likeness (QED) is 0.697. The van der Waals surface area contributed by atoms with Crippen molar-refractivity contribution in [1.29, 1.82) is 0 Å². The van der Waals surface area contributed by atoms with E-state index >= 15 is 0 Å². The third kappa shape index (κ3) is 5.63. The summed E-state index contributed by atoms with van der Waals surface area (Å²) in [7, 11) is 1.50. The van der Waals surface area contributed by atoms with E-state index in [2.05, 4.69) is 10.6 Å². The summed E-state index contributed by atoms with van der Waals surface area (Å²) in [5.74, 6) is 0.781. The van der Waals surface area contributed by atoms with Gasteiger partial charge in [-0.05, 0) is 54.3 Å². The van der Waals surface area contributed by atoms with Crippen molar-refractivity contribution in [2.45, 2.75) is 33.6 Å². The highest BCUT2D eigenvalue weighted by Crippen LogP contribution is 2.32. The molecule has 7 heteroatoms. The van der Waals surface area contributed by atoms with Gasteiger partial charge in [-0.2, -0.15) is 0 Å². The molecule has 150 valence electrons. The average molecular weight is 405 g/mol. The summed E-state index contributed by atoms with van der Waals surface area (Å²) >= 11 is 6.27. The number of methoxy groups -OCH3 is 1. The number of anilines is 2. The number of nitrogens with one attached hydrogen (secondary N) is 2. The van der Waals surface area contributed by atoms with Gasteiger partial charge in [0.25, 0.3) is 5.91 Å². The first-order valence-corrected chi connectivity index (χ1v) is 9.27. The van der Waals surface area contributed by atoms with E-state index in [1.807, 2.05) is 32.9 Å². The monoisotopic (exact) mass is 404 g/mol. The predicted molar refractivity (Wildman–Crippen MR) is 112 cm³/mol. The summed E-state index contributed by atoms with van der Waals surface area (Å²) in [6, 6.07) is 8.69. The summed E-state index contributed by atoms with van der Waals surface area (Å²) < 4.78 is 11.0. The molecule has 6 nitrogen and oxygen atoms in total. The van der Waals surface area contributed by atoms with Gasteiger partial charge in [0, 0.05) is 17.6 Å². The number of ether oxygens (including phenoxy) is 2. The summed E-state index contributed by atoms with van der Waals surface area (Å²) in [6.07, 6.45) is 0. The third-order valence-corrected chi connectivity index (χ3v) is 4.40. The first-order valence-electron chi connectivity index (χ1n) is 8.89. The van der Waals surface area contributed by atoms with Crippen molar-refractivity contribution >= 4 is 34.8 Å². The van der Waals surface area contributed by atoms with Gasteiger partial charge in [0.15, 0.2) is 6.61 Å². The van der Waals surface area contributed by atoms with Crippen LogP contribution in [0.1, 0.15) is 37.8 Å². The van der Waals surface area contributed by atoms with Crippen LogP contribution in [0.5, 0.6) is 11.5 Å². The lowest BCUT2D eigenvalue weighted by Crippen LogP contribution is -2.21. The Morgan fingerprint density at radius 1 is 1.11 bits per heavy atom. The van der Waals surface area contributed by atoms with Crippen LogP contribution in [-0.4, -0.2) is 25.5 Å².